The molecule has 1 saturated carbocycles. The summed E-state index contributed by atoms with van der Waals surface area (Å²) in [5, 5.41) is 0. The zero-order chi connectivity index (χ0) is 12.4. The Hall–Kier alpha value is -0.820. The number of aryl methyl sites for hydroxylation is 3. The predicted molar refractivity (Wildman–Crippen MR) is 74.5 cm³/mol. The van der Waals surface area contributed by atoms with Crippen LogP contribution in [0.25, 0.3) is 0 Å². The molecule has 1 nitrogen and oxygen atoms in total. The number of rotatable bonds is 1. The normalized spacial score (nSPS) is 25.6. The van der Waals surface area contributed by atoms with Crippen molar-refractivity contribution < 1.29 is 0 Å². The Morgan fingerprint density at radius 3 is 2.29 bits per heavy atom. The smallest absolute Gasteiger partial charge is 0.0108 e. The van der Waals surface area contributed by atoms with E-state index in [2.05, 4.69) is 32.9 Å². The molecule has 1 aliphatic carbocycles. The third kappa shape index (κ3) is 2.71. The molecule has 2 unspecified atom stereocenters. The standard InChI is InChI=1S/C16H25N/c1-11-9-13(3)15(10-12(11)2)14-7-5-4-6-8-16(14)17/h9-10,14,16H,4-8,17H2,1-3H3. The first kappa shape index (κ1) is 12.6. The van der Waals surface area contributed by atoms with E-state index in [1.165, 1.54) is 54.4 Å². The molecule has 1 fully saturated rings. The van der Waals surface area contributed by atoms with Gasteiger partial charge in [-0.1, -0.05) is 31.4 Å². The van der Waals surface area contributed by atoms with Crippen LogP contribution in [-0.2, 0) is 0 Å². The van der Waals surface area contributed by atoms with Crippen LogP contribution in [0.5, 0.6) is 0 Å². The molecule has 1 aliphatic rings. The Morgan fingerprint density at radius 1 is 0.882 bits per heavy atom. The zero-order valence-corrected chi connectivity index (χ0v) is 11.4. The van der Waals surface area contributed by atoms with Gasteiger partial charge in [0, 0.05) is 6.04 Å². The van der Waals surface area contributed by atoms with Gasteiger partial charge in [0.15, 0.2) is 0 Å². The van der Waals surface area contributed by atoms with E-state index in [1.54, 1.807) is 0 Å². The molecule has 94 valence electrons. The van der Waals surface area contributed by atoms with Crippen LogP contribution >= 0.6 is 0 Å². The Bertz CT molecular complexity index is 395. The Balaban J connectivity index is 2.34. The summed E-state index contributed by atoms with van der Waals surface area (Å²) in [6.07, 6.45) is 6.46. The maximum absolute atomic E-state index is 6.37. The topological polar surface area (TPSA) is 26.0 Å². The summed E-state index contributed by atoms with van der Waals surface area (Å²) in [5.41, 5.74) is 12.1. The molecule has 0 amide bonds. The van der Waals surface area contributed by atoms with E-state index < -0.39 is 0 Å². The van der Waals surface area contributed by atoms with Crippen molar-refractivity contribution in [1.29, 1.82) is 0 Å². The summed E-state index contributed by atoms with van der Waals surface area (Å²) >= 11 is 0. The largest absolute Gasteiger partial charge is 0.327 e. The molecule has 0 saturated heterocycles. The van der Waals surface area contributed by atoms with Gasteiger partial charge in [-0.3, -0.25) is 0 Å². The lowest BCUT2D eigenvalue weighted by molar-refractivity contribution is 0.503. The van der Waals surface area contributed by atoms with Gasteiger partial charge < -0.3 is 5.73 Å². The lowest BCUT2D eigenvalue weighted by Gasteiger charge is -2.24. The average Bonchev–Trinajstić information content (AvgIpc) is 2.49. The summed E-state index contributed by atoms with van der Waals surface area (Å²) in [4.78, 5) is 0. The van der Waals surface area contributed by atoms with Crippen molar-refractivity contribution in [2.45, 2.75) is 64.8 Å². The molecule has 0 aromatic heterocycles. The maximum atomic E-state index is 6.37. The molecular formula is C16H25N. The third-order valence-electron chi connectivity index (χ3n) is 4.35. The van der Waals surface area contributed by atoms with Crippen LogP contribution in [0.2, 0.25) is 0 Å². The van der Waals surface area contributed by atoms with Crippen molar-refractivity contribution >= 4 is 0 Å². The van der Waals surface area contributed by atoms with Crippen molar-refractivity contribution in [2.24, 2.45) is 5.73 Å². The molecule has 0 radical (unpaired) electrons. The molecule has 0 aliphatic heterocycles. The fourth-order valence-electron chi connectivity index (χ4n) is 3.10. The fraction of sp³-hybridized carbons (Fsp3) is 0.625. The van der Waals surface area contributed by atoms with Crippen LogP contribution in [0, 0.1) is 20.8 Å². The van der Waals surface area contributed by atoms with Crippen molar-refractivity contribution in [3.63, 3.8) is 0 Å². The summed E-state index contributed by atoms with van der Waals surface area (Å²) in [7, 11) is 0. The van der Waals surface area contributed by atoms with E-state index in [0.717, 1.165) is 0 Å². The van der Waals surface area contributed by atoms with Gasteiger partial charge in [0.05, 0.1) is 0 Å². The second-order valence-corrected chi connectivity index (χ2v) is 5.70. The minimum Gasteiger partial charge on any atom is -0.327 e. The molecule has 2 rings (SSSR count). The van der Waals surface area contributed by atoms with Crippen LogP contribution in [-0.4, -0.2) is 6.04 Å². The van der Waals surface area contributed by atoms with Crippen LogP contribution in [0.3, 0.4) is 0 Å². The van der Waals surface area contributed by atoms with Gasteiger partial charge in [-0.2, -0.15) is 0 Å². The highest BCUT2D eigenvalue weighted by Gasteiger charge is 2.23. The lowest BCUT2D eigenvalue weighted by atomic mass is 9.84. The first-order chi connectivity index (χ1) is 8.09. The summed E-state index contributed by atoms with van der Waals surface area (Å²) in [6.45, 7) is 6.64. The molecule has 17 heavy (non-hydrogen) atoms. The predicted octanol–water partition coefficient (Wildman–Crippen LogP) is 3.99. The second-order valence-electron chi connectivity index (χ2n) is 5.70. The monoisotopic (exact) mass is 231 g/mol. The molecule has 2 atom stereocenters. The SMILES string of the molecule is Cc1cc(C)c(C2CCCCCC2N)cc1C. The number of hydrogen-bond donors (Lipinski definition) is 1. The van der Waals surface area contributed by atoms with E-state index in [-0.39, 0.29) is 0 Å². The van der Waals surface area contributed by atoms with Gasteiger partial charge in [-0.25, -0.2) is 0 Å². The summed E-state index contributed by atoms with van der Waals surface area (Å²) in [5.74, 6) is 0.580. The first-order valence-electron chi connectivity index (χ1n) is 6.93. The van der Waals surface area contributed by atoms with E-state index in [0.29, 0.717) is 12.0 Å². The van der Waals surface area contributed by atoms with Crippen LogP contribution in [0.15, 0.2) is 12.1 Å². The van der Waals surface area contributed by atoms with Crippen LogP contribution in [0.4, 0.5) is 0 Å². The van der Waals surface area contributed by atoms with Crippen LogP contribution < -0.4 is 5.73 Å². The Kier molecular flexibility index (Phi) is 3.88. The number of nitrogens with two attached hydrogens (primary N) is 1. The number of benzene rings is 1. The first-order valence-corrected chi connectivity index (χ1v) is 6.93. The summed E-state index contributed by atoms with van der Waals surface area (Å²) < 4.78 is 0. The molecule has 0 bridgehead atoms. The molecule has 0 heterocycles. The van der Waals surface area contributed by atoms with Crippen molar-refractivity contribution in [3.05, 3.63) is 34.4 Å². The summed E-state index contributed by atoms with van der Waals surface area (Å²) in [6, 6.07) is 5.06. The van der Waals surface area contributed by atoms with Gasteiger partial charge in [0.25, 0.3) is 0 Å². The van der Waals surface area contributed by atoms with Gasteiger partial charge in [0.2, 0.25) is 0 Å². The molecule has 1 heteroatoms. The Labute approximate surface area is 105 Å². The molecule has 2 N–H and O–H groups in total. The number of hydrogen-bond acceptors (Lipinski definition) is 1. The maximum Gasteiger partial charge on any atom is 0.0108 e. The molecule has 1 aromatic carbocycles. The van der Waals surface area contributed by atoms with Gasteiger partial charge in [0.1, 0.15) is 0 Å². The van der Waals surface area contributed by atoms with Gasteiger partial charge in [-0.05, 0) is 61.8 Å². The third-order valence-corrected chi connectivity index (χ3v) is 4.35. The minimum absolute atomic E-state index is 0.360. The Morgan fingerprint density at radius 2 is 1.53 bits per heavy atom. The van der Waals surface area contributed by atoms with Crippen molar-refractivity contribution in [3.8, 4) is 0 Å². The molecular weight excluding hydrogens is 206 g/mol. The highest BCUT2D eigenvalue weighted by atomic mass is 14.7. The van der Waals surface area contributed by atoms with E-state index in [1.807, 2.05) is 0 Å². The van der Waals surface area contributed by atoms with Crippen LogP contribution in [0.1, 0.15) is 60.3 Å². The van der Waals surface area contributed by atoms with E-state index in [4.69, 9.17) is 5.73 Å². The minimum atomic E-state index is 0.360. The van der Waals surface area contributed by atoms with Crippen molar-refractivity contribution in [2.75, 3.05) is 0 Å². The van der Waals surface area contributed by atoms with E-state index >= 15 is 0 Å². The molecule has 1 aromatic rings. The molecule has 0 spiro atoms. The fourth-order valence-corrected chi connectivity index (χ4v) is 3.10. The highest BCUT2D eigenvalue weighted by Crippen LogP contribution is 2.33. The average molecular weight is 231 g/mol. The van der Waals surface area contributed by atoms with Crippen molar-refractivity contribution in [1.82, 2.24) is 0 Å². The van der Waals surface area contributed by atoms with Gasteiger partial charge in [-0.15, -0.1) is 0 Å². The highest BCUT2D eigenvalue weighted by molar-refractivity contribution is 5.39. The lowest BCUT2D eigenvalue weighted by Crippen LogP contribution is -2.27. The van der Waals surface area contributed by atoms with Gasteiger partial charge >= 0.3 is 0 Å². The zero-order valence-electron chi connectivity index (χ0n) is 11.4. The quantitative estimate of drug-likeness (QED) is 0.727. The van der Waals surface area contributed by atoms with E-state index in [9.17, 15) is 0 Å². The second kappa shape index (κ2) is 5.22.